The van der Waals surface area contributed by atoms with Crippen LogP contribution in [-0.2, 0) is 19.6 Å². The van der Waals surface area contributed by atoms with E-state index >= 15 is 0 Å². The maximum Gasteiger partial charge on any atom is 0.409 e. The van der Waals surface area contributed by atoms with E-state index in [1.54, 1.807) is 27.7 Å². The number of carbonyl (C=O) groups excluding carboxylic acids is 2. The molecule has 2 amide bonds. The molecule has 0 bridgehead atoms. The molecule has 10 nitrogen and oxygen atoms in total. The van der Waals surface area contributed by atoms with Crippen LogP contribution in [0, 0.1) is 5.41 Å². The maximum absolute atomic E-state index is 12.7. The van der Waals surface area contributed by atoms with Gasteiger partial charge in [0.15, 0.2) is 0 Å². The van der Waals surface area contributed by atoms with Crippen molar-refractivity contribution in [2.45, 2.75) is 32.0 Å². The van der Waals surface area contributed by atoms with Crippen molar-refractivity contribution >= 4 is 38.5 Å². The molecule has 0 atom stereocenters. The maximum atomic E-state index is 12.7. The average molecular weight is 406 g/mol. The summed E-state index contributed by atoms with van der Waals surface area (Å²) in [7, 11) is -3.83. The summed E-state index contributed by atoms with van der Waals surface area (Å²) < 4.78 is 31.3. The topological polar surface area (TPSA) is 122 Å². The van der Waals surface area contributed by atoms with E-state index in [4.69, 9.17) is 4.74 Å². The zero-order valence-corrected chi connectivity index (χ0v) is 16.8. The molecule has 1 saturated heterocycles. The van der Waals surface area contributed by atoms with E-state index in [0.717, 1.165) is 11.3 Å². The van der Waals surface area contributed by atoms with Crippen molar-refractivity contribution in [2.75, 3.05) is 38.1 Å². The van der Waals surface area contributed by atoms with Crippen molar-refractivity contribution in [3.8, 4) is 0 Å². The second-order valence-corrected chi connectivity index (χ2v) is 9.76. The predicted octanol–water partition coefficient (Wildman–Crippen LogP) is 0.985. The number of hydrogen-bond donors (Lipinski definition) is 1. The molecule has 2 heterocycles. The summed E-state index contributed by atoms with van der Waals surface area (Å²) >= 11 is 0.804. The fourth-order valence-electron chi connectivity index (χ4n) is 2.09. The van der Waals surface area contributed by atoms with Crippen LogP contribution >= 0.6 is 11.3 Å². The van der Waals surface area contributed by atoms with Crippen molar-refractivity contribution in [3.05, 3.63) is 0 Å². The number of sulfonamides is 1. The Kier molecular flexibility index (Phi) is 6.19. The lowest BCUT2D eigenvalue weighted by Gasteiger charge is -2.32. The van der Waals surface area contributed by atoms with Gasteiger partial charge in [0, 0.05) is 31.6 Å². The van der Waals surface area contributed by atoms with Crippen LogP contribution in [-0.4, -0.2) is 72.6 Å². The molecule has 0 aromatic carbocycles. The molecule has 0 radical (unpaired) electrons. The van der Waals surface area contributed by atoms with Gasteiger partial charge < -0.3 is 15.0 Å². The van der Waals surface area contributed by atoms with Crippen molar-refractivity contribution in [1.82, 2.24) is 19.4 Å². The van der Waals surface area contributed by atoms with Gasteiger partial charge in [-0.25, -0.2) is 13.2 Å². The highest BCUT2D eigenvalue weighted by atomic mass is 32.2. The van der Waals surface area contributed by atoms with Crippen LogP contribution in [0.15, 0.2) is 4.34 Å². The summed E-state index contributed by atoms with van der Waals surface area (Å²) in [6.45, 7) is 7.97. The number of hydrogen-bond acceptors (Lipinski definition) is 8. The lowest BCUT2D eigenvalue weighted by atomic mass is 9.96. The summed E-state index contributed by atoms with van der Waals surface area (Å²) in [6.07, 6.45) is -0.451. The first-order valence-corrected chi connectivity index (χ1v) is 10.4. The molecule has 1 aliphatic heterocycles. The smallest absolute Gasteiger partial charge is 0.409 e. The average Bonchev–Trinajstić information content (AvgIpc) is 3.03. The van der Waals surface area contributed by atoms with E-state index in [-0.39, 0.29) is 48.2 Å². The first kappa shape index (κ1) is 20.5. The molecule has 0 unspecified atom stereocenters. The molecule has 1 aliphatic rings. The van der Waals surface area contributed by atoms with Gasteiger partial charge in [-0.2, -0.15) is 4.31 Å². The number of nitrogens with zero attached hydrogens (tertiary/aromatic N) is 4. The van der Waals surface area contributed by atoms with Gasteiger partial charge in [-0.15, -0.1) is 10.2 Å². The molecular formula is C14H23N5O5S2. The quantitative estimate of drug-likeness (QED) is 0.741. The number of amides is 2. The highest BCUT2D eigenvalue weighted by Gasteiger charge is 2.33. The molecule has 12 heteroatoms. The minimum absolute atomic E-state index is 0.133. The number of nitrogens with one attached hydrogen (secondary N) is 1. The minimum atomic E-state index is -3.83. The Morgan fingerprint density at radius 2 is 1.81 bits per heavy atom. The van der Waals surface area contributed by atoms with Crippen molar-refractivity contribution in [2.24, 2.45) is 5.41 Å². The number of rotatable bonds is 4. The van der Waals surface area contributed by atoms with E-state index in [9.17, 15) is 18.0 Å². The van der Waals surface area contributed by atoms with Gasteiger partial charge in [0.2, 0.25) is 15.4 Å². The summed E-state index contributed by atoms with van der Waals surface area (Å²) in [6, 6.07) is 0. The Morgan fingerprint density at radius 1 is 1.19 bits per heavy atom. The Hall–Kier alpha value is -1.79. The number of piperazine rings is 1. The zero-order valence-electron chi connectivity index (χ0n) is 15.2. The fraction of sp³-hybridized carbons (Fsp3) is 0.714. The highest BCUT2D eigenvalue weighted by Crippen LogP contribution is 2.25. The van der Waals surface area contributed by atoms with Crippen LogP contribution in [0.3, 0.4) is 0 Å². The summed E-state index contributed by atoms with van der Waals surface area (Å²) in [5.41, 5.74) is -0.631. The SMILES string of the molecule is CCOC(=O)N1CCN(S(=O)(=O)c2nnc(NC(=O)C(C)(C)C)s2)CC1. The van der Waals surface area contributed by atoms with Crippen LogP contribution in [0.25, 0.3) is 0 Å². The predicted molar refractivity (Wildman–Crippen MR) is 95.3 cm³/mol. The molecule has 146 valence electrons. The van der Waals surface area contributed by atoms with Gasteiger partial charge in [0.05, 0.1) is 6.61 Å². The third-order valence-corrected chi connectivity index (χ3v) is 6.72. The number of carbonyl (C=O) groups is 2. The van der Waals surface area contributed by atoms with Crippen molar-refractivity contribution in [3.63, 3.8) is 0 Å². The second-order valence-electron chi connectivity index (χ2n) is 6.67. The van der Waals surface area contributed by atoms with Gasteiger partial charge in [-0.3, -0.25) is 4.79 Å². The van der Waals surface area contributed by atoms with E-state index < -0.39 is 21.5 Å². The van der Waals surface area contributed by atoms with Crippen LogP contribution < -0.4 is 5.32 Å². The minimum Gasteiger partial charge on any atom is -0.450 e. The van der Waals surface area contributed by atoms with Crippen LogP contribution in [0.4, 0.5) is 9.93 Å². The first-order valence-electron chi connectivity index (χ1n) is 8.12. The van der Waals surface area contributed by atoms with Crippen LogP contribution in [0.5, 0.6) is 0 Å². The molecule has 2 rings (SSSR count). The summed E-state index contributed by atoms with van der Waals surface area (Å²) in [5.74, 6) is -0.277. The largest absolute Gasteiger partial charge is 0.450 e. The fourth-order valence-corrected chi connectivity index (χ4v) is 4.54. The molecule has 1 aromatic rings. The Bertz CT molecular complexity index is 763. The van der Waals surface area contributed by atoms with Gasteiger partial charge in [-0.05, 0) is 6.92 Å². The van der Waals surface area contributed by atoms with E-state index in [2.05, 4.69) is 15.5 Å². The van der Waals surface area contributed by atoms with E-state index in [1.165, 1.54) is 9.21 Å². The highest BCUT2D eigenvalue weighted by molar-refractivity contribution is 7.91. The first-order chi connectivity index (χ1) is 12.1. The number of ether oxygens (including phenoxy) is 1. The zero-order chi connectivity index (χ0) is 19.5. The molecule has 0 spiro atoms. The third-order valence-electron chi connectivity index (χ3n) is 3.63. The van der Waals surface area contributed by atoms with Gasteiger partial charge in [-0.1, -0.05) is 32.1 Å². The molecule has 1 fully saturated rings. The van der Waals surface area contributed by atoms with Crippen LogP contribution in [0.1, 0.15) is 27.7 Å². The van der Waals surface area contributed by atoms with E-state index in [1.807, 2.05) is 0 Å². The van der Waals surface area contributed by atoms with Crippen LogP contribution in [0.2, 0.25) is 0 Å². The number of aromatic nitrogens is 2. The van der Waals surface area contributed by atoms with Gasteiger partial charge in [0.1, 0.15) is 0 Å². The lowest BCUT2D eigenvalue weighted by Crippen LogP contribution is -2.50. The molecule has 1 N–H and O–H groups in total. The standard InChI is InChI=1S/C14H23N5O5S2/c1-5-24-13(21)18-6-8-19(9-7-18)26(22,23)12-17-16-11(25-12)15-10(20)14(2,3)4/h5-9H2,1-4H3,(H,15,16,20). The third kappa shape index (κ3) is 4.68. The molecule has 0 saturated carbocycles. The number of anilines is 1. The van der Waals surface area contributed by atoms with Crippen molar-refractivity contribution < 1.29 is 22.7 Å². The molecule has 26 heavy (non-hydrogen) atoms. The normalized spacial score (nSPS) is 16.4. The second kappa shape index (κ2) is 7.84. The van der Waals surface area contributed by atoms with Gasteiger partial charge >= 0.3 is 6.09 Å². The molecular weight excluding hydrogens is 382 g/mol. The van der Waals surface area contributed by atoms with Gasteiger partial charge in [0.25, 0.3) is 10.0 Å². The monoisotopic (exact) mass is 405 g/mol. The molecule has 0 aliphatic carbocycles. The molecule has 1 aromatic heterocycles. The Balaban J connectivity index is 2.03. The lowest BCUT2D eigenvalue weighted by molar-refractivity contribution is -0.123. The summed E-state index contributed by atoms with van der Waals surface area (Å²) in [4.78, 5) is 25.1. The Morgan fingerprint density at radius 3 is 2.35 bits per heavy atom. The summed E-state index contributed by atoms with van der Waals surface area (Å²) in [5, 5.41) is 10.1. The van der Waals surface area contributed by atoms with Crippen molar-refractivity contribution in [1.29, 1.82) is 0 Å². The Labute approximate surface area is 156 Å². The van der Waals surface area contributed by atoms with E-state index in [0.29, 0.717) is 0 Å².